The highest BCUT2D eigenvalue weighted by Crippen LogP contribution is 2.45. The van der Waals surface area contributed by atoms with Gasteiger partial charge in [-0.1, -0.05) is 48.5 Å². The summed E-state index contributed by atoms with van der Waals surface area (Å²) in [6.45, 7) is 2.22. The number of carboxylic acid groups (broad SMARTS) is 1. The molecule has 0 radical (unpaired) electrons. The number of hydrogen-bond acceptors (Lipinski definition) is 4. The van der Waals surface area contributed by atoms with E-state index in [1.165, 1.54) is 0 Å². The van der Waals surface area contributed by atoms with E-state index in [1.54, 1.807) is 6.92 Å². The first-order valence-corrected chi connectivity index (χ1v) is 11.5. The Labute approximate surface area is 192 Å². The molecule has 3 aliphatic carbocycles. The van der Waals surface area contributed by atoms with Gasteiger partial charge in [-0.3, -0.25) is 9.59 Å². The fourth-order valence-corrected chi connectivity index (χ4v) is 5.03. The molecule has 3 N–H and O–H groups in total. The molecule has 3 aliphatic rings. The number of amides is 2. The van der Waals surface area contributed by atoms with E-state index >= 15 is 0 Å². The number of hydrogen-bond donors (Lipinski definition) is 3. The first-order valence-electron chi connectivity index (χ1n) is 11.5. The van der Waals surface area contributed by atoms with Crippen LogP contribution in [0, 0.1) is 17.8 Å². The van der Waals surface area contributed by atoms with E-state index in [1.807, 2.05) is 24.3 Å². The van der Waals surface area contributed by atoms with E-state index in [0.717, 1.165) is 35.1 Å². The van der Waals surface area contributed by atoms with Crippen molar-refractivity contribution >= 4 is 18.0 Å². The van der Waals surface area contributed by atoms with Gasteiger partial charge in [0.05, 0.1) is 5.92 Å². The summed E-state index contributed by atoms with van der Waals surface area (Å²) < 4.78 is 5.64. The Morgan fingerprint density at radius 3 is 2.18 bits per heavy atom. The Hall–Kier alpha value is -3.35. The van der Waals surface area contributed by atoms with Gasteiger partial charge in [-0.25, -0.2) is 4.79 Å². The Bertz CT molecular complexity index is 1070. The van der Waals surface area contributed by atoms with Crippen LogP contribution in [-0.2, 0) is 14.3 Å². The second kappa shape index (κ2) is 8.21. The summed E-state index contributed by atoms with van der Waals surface area (Å²) in [5.74, 6) is -1.53. The molecule has 33 heavy (non-hydrogen) atoms. The van der Waals surface area contributed by atoms with Crippen molar-refractivity contribution in [3.8, 4) is 11.1 Å². The number of aliphatic carboxylic acids is 1. The number of carboxylic acids is 1. The average molecular weight is 449 g/mol. The zero-order valence-electron chi connectivity index (χ0n) is 18.5. The number of rotatable bonds is 8. The third-order valence-electron chi connectivity index (χ3n) is 7.34. The third kappa shape index (κ3) is 4.08. The molecule has 7 nitrogen and oxygen atoms in total. The van der Waals surface area contributed by atoms with Gasteiger partial charge in [-0.15, -0.1) is 0 Å². The number of carbonyl (C=O) groups is 3. The predicted octanol–water partition coefficient (Wildman–Crippen LogP) is 3.53. The van der Waals surface area contributed by atoms with Gasteiger partial charge in [-0.2, -0.15) is 0 Å². The van der Waals surface area contributed by atoms with Crippen molar-refractivity contribution in [2.75, 3.05) is 13.2 Å². The van der Waals surface area contributed by atoms with Crippen LogP contribution in [0.1, 0.15) is 43.2 Å². The maximum absolute atomic E-state index is 12.9. The van der Waals surface area contributed by atoms with Gasteiger partial charge in [0, 0.05) is 12.5 Å². The Morgan fingerprint density at radius 1 is 1.03 bits per heavy atom. The number of alkyl carbamates (subject to hydrolysis) is 1. The lowest BCUT2D eigenvalue weighted by Crippen LogP contribution is -2.58. The molecule has 2 aromatic rings. The Morgan fingerprint density at radius 2 is 1.64 bits per heavy atom. The molecule has 0 aliphatic heterocycles. The number of carbonyl (C=O) groups excluding carboxylic acids is 2. The van der Waals surface area contributed by atoms with Gasteiger partial charge >= 0.3 is 12.1 Å². The van der Waals surface area contributed by atoms with Crippen molar-refractivity contribution in [1.29, 1.82) is 0 Å². The smallest absolute Gasteiger partial charge is 0.408 e. The van der Waals surface area contributed by atoms with Crippen LogP contribution in [0.3, 0.4) is 0 Å². The van der Waals surface area contributed by atoms with Gasteiger partial charge in [0.1, 0.15) is 12.1 Å². The minimum atomic E-state index is -1.07. The maximum atomic E-state index is 12.9. The molecular formula is C26H28N2O5. The van der Waals surface area contributed by atoms with Gasteiger partial charge in [-0.05, 0) is 60.3 Å². The highest BCUT2D eigenvalue weighted by molar-refractivity contribution is 5.90. The average Bonchev–Trinajstić information content (AvgIpc) is 3.72. The molecule has 2 fully saturated rings. The molecule has 2 saturated carbocycles. The first-order chi connectivity index (χ1) is 15.9. The Balaban J connectivity index is 1.22. The van der Waals surface area contributed by atoms with Crippen molar-refractivity contribution in [1.82, 2.24) is 10.6 Å². The van der Waals surface area contributed by atoms with E-state index in [2.05, 4.69) is 34.9 Å². The lowest BCUT2D eigenvalue weighted by molar-refractivity contribution is -0.139. The summed E-state index contributed by atoms with van der Waals surface area (Å²) in [5.41, 5.74) is 3.50. The van der Waals surface area contributed by atoms with Gasteiger partial charge in [0.2, 0.25) is 5.91 Å². The summed E-state index contributed by atoms with van der Waals surface area (Å²) >= 11 is 0. The molecule has 2 amide bonds. The van der Waals surface area contributed by atoms with Crippen LogP contribution < -0.4 is 10.6 Å². The molecule has 2 aromatic carbocycles. The topological polar surface area (TPSA) is 105 Å². The van der Waals surface area contributed by atoms with E-state index in [4.69, 9.17) is 9.84 Å². The number of fused-ring (bicyclic) bond motifs is 3. The van der Waals surface area contributed by atoms with Crippen molar-refractivity contribution in [3.05, 3.63) is 59.7 Å². The fourth-order valence-electron chi connectivity index (χ4n) is 5.03. The van der Waals surface area contributed by atoms with Crippen LogP contribution in [0.5, 0.6) is 0 Å². The molecule has 172 valence electrons. The quantitative estimate of drug-likeness (QED) is 0.573. The zero-order chi connectivity index (χ0) is 23.2. The van der Waals surface area contributed by atoms with Crippen LogP contribution >= 0.6 is 0 Å². The van der Waals surface area contributed by atoms with Gasteiger partial charge < -0.3 is 20.5 Å². The number of benzene rings is 2. The van der Waals surface area contributed by atoms with Crippen LogP contribution in [0.4, 0.5) is 4.79 Å². The molecule has 5 rings (SSSR count). The van der Waals surface area contributed by atoms with E-state index < -0.39 is 17.6 Å². The van der Waals surface area contributed by atoms with E-state index in [0.29, 0.717) is 13.0 Å². The van der Waals surface area contributed by atoms with Gasteiger partial charge in [0.25, 0.3) is 0 Å². The SMILES string of the molecule is CC(NC(=O)OCC1c2ccccc2-c2ccccc21)(C(=O)NC[C@H]1C[C@H]1C(=O)O)C1CC1. The van der Waals surface area contributed by atoms with E-state index in [9.17, 15) is 14.4 Å². The minimum Gasteiger partial charge on any atom is -0.481 e. The molecule has 7 heteroatoms. The highest BCUT2D eigenvalue weighted by Gasteiger charge is 2.50. The first kappa shape index (κ1) is 21.5. The molecule has 0 aromatic heterocycles. The van der Waals surface area contributed by atoms with Crippen molar-refractivity contribution < 1.29 is 24.2 Å². The van der Waals surface area contributed by atoms with Crippen LogP contribution in [0.25, 0.3) is 11.1 Å². The third-order valence-corrected chi connectivity index (χ3v) is 7.34. The minimum absolute atomic E-state index is 0.0376. The molecule has 0 bridgehead atoms. The molecule has 0 spiro atoms. The second-order valence-electron chi connectivity index (χ2n) is 9.58. The molecule has 0 saturated heterocycles. The fraction of sp³-hybridized carbons (Fsp3) is 0.423. The standard InChI is InChI=1S/C26H28N2O5/c1-26(16-10-11-16,24(31)27-13-15-12-21(15)23(29)30)28-25(32)33-14-22-19-8-4-2-6-17(19)18-7-3-5-9-20(18)22/h2-9,15-16,21-22H,10-14H2,1H3,(H,27,31)(H,28,32)(H,29,30)/t15-,21-,26?/m1/s1. The second-order valence-corrected chi connectivity index (χ2v) is 9.58. The summed E-state index contributed by atoms with van der Waals surface area (Å²) in [7, 11) is 0. The van der Waals surface area contributed by atoms with Crippen molar-refractivity contribution in [2.24, 2.45) is 17.8 Å². The van der Waals surface area contributed by atoms with Crippen LogP contribution in [0.15, 0.2) is 48.5 Å². The lowest BCUT2D eigenvalue weighted by Gasteiger charge is -2.29. The van der Waals surface area contributed by atoms with Crippen LogP contribution in [0.2, 0.25) is 0 Å². The molecule has 3 atom stereocenters. The molecule has 0 heterocycles. The van der Waals surface area contributed by atoms with Gasteiger partial charge in [0.15, 0.2) is 0 Å². The maximum Gasteiger partial charge on any atom is 0.408 e. The lowest BCUT2D eigenvalue weighted by atomic mass is 9.94. The monoisotopic (exact) mass is 448 g/mol. The summed E-state index contributed by atoms with van der Waals surface area (Å²) in [5, 5.41) is 14.7. The highest BCUT2D eigenvalue weighted by atomic mass is 16.5. The van der Waals surface area contributed by atoms with Crippen LogP contribution in [-0.4, -0.2) is 41.8 Å². The van der Waals surface area contributed by atoms with Crippen molar-refractivity contribution in [2.45, 2.75) is 37.6 Å². The number of nitrogens with one attached hydrogen (secondary N) is 2. The van der Waals surface area contributed by atoms with Crippen molar-refractivity contribution in [3.63, 3.8) is 0 Å². The zero-order valence-corrected chi connectivity index (χ0v) is 18.5. The summed E-state index contributed by atoms with van der Waals surface area (Å²) in [6.07, 6.45) is 1.68. The van der Waals surface area contributed by atoms with E-state index in [-0.39, 0.29) is 36.2 Å². The predicted molar refractivity (Wildman–Crippen MR) is 122 cm³/mol. The largest absolute Gasteiger partial charge is 0.481 e. The summed E-state index contributed by atoms with van der Waals surface area (Å²) in [6, 6.07) is 16.3. The number of ether oxygens (including phenoxy) is 1. The Kier molecular flexibility index (Phi) is 5.35. The molecule has 1 unspecified atom stereocenters. The molecular weight excluding hydrogens is 420 g/mol. The normalized spacial score (nSPS) is 22.5. The summed E-state index contributed by atoms with van der Waals surface area (Å²) in [4.78, 5) is 36.8.